The van der Waals surface area contributed by atoms with Crippen molar-refractivity contribution in [2.75, 3.05) is 0 Å². The summed E-state index contributed by atoms with van der Waals surface area (Å²) in [5, 5.41) is 9.16. The van der Waals surface area contributed by atoms with Crippen molar-refractivity contribution in [3.8, 4) is 0 Å². The standard InChI is InChI=1S/C23H24FN3O3/c24-19-11-9-17(10-12-19)15-21(27-14-13-26-16-27)20(18-5-2-1-3-6-18)7-4-8-22(30-25)23(28)29/h1-3,5-7,9-14,16,21-22H,4,8,15,25H2,(H,28,29)/b20-7-. The van der Waals surface area contributed by atoms with Crippen molar-refractivity contribution in [3.05, 3.63) is 96.3 Å². The zero-order valence-electron chi connectivity index (χ0n) is 16.4. The molecule has 7 heteroatoms. The number of benzene rings is 2. The highest BCUT2D eigenvalue weighted by Crippen LogP contribution is 2.32. The molecule has 0 saturated carbocycles. The van der Waals surface area contributed by atoms with Crippen molar-refractivity contribution in [1.82, 2.24) is 9.55 Å². The molecule has 2 atom stereocenters. The van der Waals surface area contributed by atoms with Crippen LogP contribution in [0, 0.1) is 5.82 Å². The van der Waals surface area contributed by atoms with Crippen molar-refractivity contribution in [2.24, 2.45) is 5.90 Å². The molecule has 0 fully saturated rings. The molecule has 0 amide bonds. The van der Waals surface area contributed by atoms with E-state index in [2.05, 4.69) is 9.82 Å². The number of imidazole rings is 1. The van der Waals surface area contributed by atoms with Gasteiger partial charge in [0, 0.05) is 12.4 Å². The number of aliphatic carboxylic acids is 1. The first-order valence-corrected chi connectivity index (χ1v) is 9.64. The molecule has 0 aliphatic rings. The van der Waals surface area contributed by atoms with Gasteiger partial charge in [0.25, 0.3) is 0 Å². The van der Waals surface area contributed by atoms with Crippen LogP contribution in [0.2, 0.25) is 0 Å². The number of aromatic nitrogens is 2. The fourth-order valence-electron chi connectivity index (χ4n) is 3.39. The third kappa shape index (κ3) is 5.62. The first-order chi connectivity index (χ1) is 14.6. The van der Waals surface area contributed by atoms with Crippen molar-refractivity contribution in [2.45, 2.75) is 31.4 Å². The van der Waals surface area contributed by atoms with Crippen LogP contribution in [-0.4, -0.2) is 26.7 Å². The summed E-state index contributed by atoms with van der Waals surface area (Å²) < 4.78 is 15.4. The lowest BCUT2D eigenvalue weighted by molar-refractivity contribution is -0.151. The molecule has 30 heavy (non-hydrogen) atoms. The SMILES string of the molecule is NOC(CC/C=C(/c1ccccc1)C(Cc1ccc(F)cc1)n1ccnc1)C(=O)O. The minimum atomic E-state index is -1.09. The molecule has 3 N–H and O–H groups in total. The summed E-state index contributed by atoms with van der Waals surface area (Å²) in [7, 11) is 0. The average molecular weight is 409 g/mol. The molecule has 0 aliphatic heterocycles. The Morgan fingerprint density at radius 1 is 1.20 bits per heavy atom. The number of halogens is 1. The van der Waals surface area contributed by atoms with E-state index in [1.54, 1.807) is 24.7 Å². The van der Waals surface area contributed by atoms with E-state index >= 15 is 0 Å². The molecule has 0 aliphatic carbocycles. The minimum absolute atomic E-state index is 0.109. The van der Waals surface area contributed by atoms with Crippen LogP contribution >= 0.6 is 0 Å². The van der Waals surface area contributed by atoms with Gasteiger partial charge < -0.3 is 9.67 Å². The van der Waals surface area contributed by atoms with Crippen molar-refractivity contribution in [1.29, 1.82) is 0 Å². The highest BCUT2D eigenvalue weighted by atomic mass is 19.1. The van der Waals surface area contributed by atoms with Gasteiger partial charge in [-0.3, -0.25) is 4.84 Å². The summed E-state index contributed by atoms with van der Waals surface area (Å²) in [6, 6.07) is 16.2. The molecule has 1 aromatic heterocycles. The number of carboxylic acids is 1. The van der Waals surface area contributed by atoms with E-state index in [0.717, 1.165) is 16.7 Å². The second-order valence-electron chi connectivity index (χ2n) is 6.92. The quantitative estimate of drug-likeness (QED) is 0.494. The summed E-state index contributed by atoms with van der Waals surface area (Å²) >= 11 is 0. The van der Waals surface area contributed by atoms with Crippen LogP contribution in [0.4, 0.5) is 4.39 Å². The number of carboxylic acid groups (broad SMARTS) is 1. The van der Waals surface area contributed by atoms with Crippen LogP contribution in [0.15, 0.2) is 79.4 Å². The molecule has 0 radical (unpaired) electrons. The van der Waals surface area contributed by atoms with Crippen LogP contribution in [0.1, 0.15) is 30.0 Å². The van der Waals surface area contributed by atoms with Gasteiger partial charge in [-0.15, -0.1) is 0 Å². The Bertz CT molecular complexity index is 957. The van der Waals surface area contributed by atoms with Crippen molar-refractivity contribution in [3.63, 3.8) is 0 Å². The summed E-state index contributed by atoms with van der Waals surface area (Å²) in [5.41, 5.74) is 3.00. The zero-order valence-corrected chi connectivity index (χ0v) is 16.4. The normalized spacial score (nSPS) is 13.7. The van der Waals surface area contributed by atoms with E-state index < -0.39 is 12.1 Å². The monoisotopic (exact) mass is 409 g/mol. The maximum absolute atomic E-state index is 13.4. The van der Waals surface area contributed by atoms with E-state index in [1.807, 2.05) is 47.2 Å². The van der Waals surface area contributed by atoms with E-state index in [-0.39, 0.29) is 18.3 Å². The number of allylic oxidation sites excluding steroid dienone is 2. The predicted molar refractivity (Wildman–Crippen MR) is 112 cm³/mol. The van der Waals surface area contributed by atoms with Crippen molar-refractivity contribution >= 4 is 11.5 Å². The second kappa shape index (κ2) is 10.5. The van der Waals surface area contributed by atoms with E-state index in [1.165, 1.54) is 12.1 Å². The fourth-order valence-corrected chi connectivity index (χ4v) is 3.39. The van der Waals surface area contributed by atoms with Gasteiger partial charge >= 0.3 is 5.97 Å². The topological polar surface area (TPSA) is 90.4 Å². The summed E-state index contributed by atoms with van der Waals surface area (Å²) in [5.74, 6) is 3.74. The van der Waals surface area contributed by atoms with Crippen LogP contribution in [0.25, 0.3) is 5.57 Å². The van der Waals surface area contributed by atoms with Crippen LogP contribution in [0.5, 0.6) is 0 Å². The summed E-state index contributed by atoms with van der Waals surface area (Å²) in [4.78, 5) is 19.9. The summed E-state index contributed by atoms with van der Waals surface area (Å²) in [6.07, 6.45) is 7.61. The largest absolute Gasteiger partial charge is 0.479 e. The molecule has 6 nitrogen and oxygen atoms in total. The molecule has 1 heterocycles. The van der Waals surface area contributed by atoms with Gasteiger partial charge in [0.2, 0.25) is 0 Å². The second-order valence-corrected chi connectivity index (χ2v) is 6.92. The Balaban J connectivity index is 1.95. The van der Waals surface area contributed by atoms with E-state index in [0.29, 0.717) is 12.8 Å². The summed E-state index contributed by atoms with van der Waals surface area (Å²) in [6.45, 7) is 0. The number of hydrogen-bond acceptors (Lipinski definition) is 4. The number of carbonyl (C=O) groups is 1. The Morgan fingerprint density at radius 2 is 1.93 bits per heavy atom. The minimum Gasteiger partial charge on any atom is -0.479 e. The van der Waals surface area contributed by atoms with Crippen LogP contribution < -0.4 is 5.90 Å². The highest BCUT2D eigenvalue weighted by Gasteiger charge is 2.20. The number of nitrogens with two attached hydrogens (primary N) is 1. The number of nitrogens with zero attached hydrogens (tertiary/aromatic N) is 2. The predicted octanol–water partition coefficient (Wildman–Crippen LogP) is 4.01. The first kappa shape index (κ1) is 21.4. The van der Waals surface area contributed by atoms with Crippen molar-refractivity contribution < 1.29 is 19.1 Å². The number of hydrogen-bond donors (Lipinski definition) is 2. The Morgan fingerprint density at radius 3 is 2.53 bits per heavy atom. The molecule has 156 valence electrons. The van der Waals surface area contributed by atoms with Crippen LogP contribution in [-0.2, 0) is 16.1 Å². The maximum Gasteiger partial charge on any atom is 0.334 e. The molecule has 2 aromatic carbocycles. The zero-order chi connectivity index (χ0) is 21.3. The smallest absolute Gasteiger partial charge is 0.334 e. The lowest BCUT2D eigenvalue weighted by atomic mass is 9.91. The lowest BCUT2D eigenvalue weighted by Crippen LogP contribution is -2.26. The molecular formula is C23H24FN3O3. The van der Waals surface area contributed by atoms with Gasteiger partial charge in [0.15, 0.2) is 6.10 Å². The molecule has 0 spiro atoms. The third-order valence-corrected chi connectivity index (χ3v) is 4.93. The third-order valence-electron chi connectivity index (χ3n) is 4.93. The first-order valence-electron chi connectivity index (χ1n) is 9.64. The fraction of sp³-hybridized carbons (Fsp3) is 0.217. The number of rotatable bonds is 10. The highest BCUT2D eigenvalue weighted by molar-refractivity contribution is 5.72. The molecular weight excluding hydrogens is 385 g/mol. The van der Waals surface area contributed by atoms with Gasteiger partial charge in [-0.05, 0) is 48.1 Å². The molecule has 3 aromatic rings. The van der Waals surface area contributed by atoms with Gasteiger partial charge in [-0.2, -0.15) is 0 Å². The van der Waals surface area contributed by atoms with Gasteiger partial charge in [0.05, 0.1) is 12.4 Å². The van der Waals surface area contributed by atoms with Gasteiger partial charge in [0.1, 0.15) is 5.82 Å². The Hall–Kier alpha value is -3.29. The Kier molecular flexibility index (Phi) is 7.48. The average Bonchev–Trinajstić information content (AvgIpc) is 3.29. The molecule has 3 rings (SSSR count). The molecule has 0 saturated heterocycles. The lowest BCUT2D eigenvalue weighted by Gasteiger charge is -2.23. The van der Waals surface area contributed by atoms with E-state index in [4.69, 9.17) is 11.0 Å². The van der Waals surface area contributed by atoms with E-state index in [9.17, 15) is 9.18 Å². The van der Waals surface area contributed by atoms with Gasteiger partial charge in [-0.1, -0.05) is 48.5 Å². The maximum atomic E-state index is 13.4. The molecule has 0 bridgehead atoms. The Labute approximate surface area is 174 Å². The van der Waals surface area contributed by atoms with Crippen LogP contribution in [0.3, 0.4) is 0 Å². The van der Waals surface area contributed by atoms with Gasteiger partial charge in [-0.25, -0.2) is 20.1 Å². The molecule has 2 unspecified atom stereocenters.